The molecule has 0 bridgehead atoms. The number of halogens is 1. The molecular weight excluding hydrogens is 336 g/mol. The highest BCUT2D eigenvalue weighted by atomic mass is 35.5. The fraction of sp³-hybridized carbons (Fsp3) is 0.200. The van der Waals surface area contributed by atoms with E-state index in [2.05, 4.69) is 15.1 Å². The molecular formula is C15H13ClN4O2S. The molecule has 0 radical (unpaired) electrons. The van der Waals surface area contributed by atoms with Crippen molar-refractivity contribution in [3.05, 3.63) is 52.3 Å². The molecule has 3 rings (SSSR count). The van der Waals surface area contributed by atoms with Crippen molar-refractivity contribution in [1.29, 1.82) is 0 Å². The normalized spacial score (nSPS) is 10.9. The average Bonchev–Trinajstić information content (AvgIpc) is 2.98. The number of hydrogen-bond donors (Lipinski definition) is 0. The van der Waals surface area contributed by atoms with E-state index in [1.165, 1.54) is 25.1 Å². The van der Waals surface area contributed by atoms with E-state index in [9.17, 15) is 4.79 Å². The van der Waals surface area contributed by atoms with Gasteiger partial charge in [0.15, 0.2) is 0 Å². The number of aryl methyl sites for hydroxylation is 1. The highest BCUT2D eigenvalue weighted by molar-refractivity contribution is 7.98. The van der Waals surface area contributed by atoms with Crippen LogP contribution in [0, 0.1) is 6.92 Å². The molecule has 0 aliphatic heterocycles. The summed E-state index contributed by atoms with van der Waals surface area (Å²) in [5.74, 6) is 0.730. The second-order valence-electron chi connectivity index (χ2n) is 4.77. The van der Waals surface area contributed by atoms with Crippen LogP contribution in [-0.2, 0) is 10.5 Å². The summed E-state index contributed by atoms with van der Waals surface area (Å²) in [7, 11) is 1.33. The van der Waals surface area contributed by atoms with Gasteiger partial charge in [-0.1, -0.05) is 35.5 Å². The lowest BCUT2D eigenvalue weighted by Gasteiger charge is -2.03. The minimum Gasteiger partial charge on any atom is -0.465 e. The molecule has 0 saturated carbocycles. The molecule has 2 heterocycles. The van der Waals surface area contributed by atoms with Crippen molar-refractivity contribution in [3.8, 4) is 0 Å². The van der Waals surface area contributed by atoms with E-state index in [0.717, 1.165) is 11.3 Å². The van der Waals surface area contributed by atoms with Gasteiger partial charge in [0.2, 0.25) is 5.16 Å². The van der Waals surface area contributed by atoms with Gasteiger partial charge in [-0.15, -0.1) is 5.10 Å². The van der Waals surface area contributed by atoms with Gasteiger partial charge in [0.05, 0.1) is 18.4 Å². The molecule has 0 amide bonds. The first-order chi connectivity index (χ1) is 11.1. The fourth-order valence-corrected chi connectivity index (χ4v) is 2.92. The standard InChI is InChI=1S/C15H13ClN4O2S/c1-9-12(13(21)22-2)7-17-14-18-15(19-20(9)14)23-8-10-3-5-11(16)6-4-10/h3-7H,8H2,1-2H3. The van der Waals surface area contributed by atoms with E-state index in [4.69, 9.17) is 16.3 Å². The molecule has 0 aliphatic rings. The fourth-order valence-electron chi connectivity index (χ4n) is 2.02. The van der Waals surface area contributed by atoms with Crippen molar-refractivity contribution >= 4 is 35.1 Å². The van der Waals surface area contributed by atoms with Gasteiger partial charge in [-0.3, -0.25) is 0 Å². The second kappa shape index (κ2) is 6.55. The number of thioether (sulfide) groups is 1. The molecule has 0 atom stereocenters. The average molecular weight is 349 g/mol. The summed E-state index contributed by atoms with van der Waals surface area (Å²) in [4.78, 5) is 20.2. The molecule has 8 heteroatoms. The third-order valence-corrected chi connectivity index (χ3v) is 4.43. The molecule has 0 saturated heterocycles. The van der Waals surface area contributed by atoms with Crippen molar-refractivity contribution in [2.24, 2.45) is 0 Å². The van der Waals surface area contributed by atoms with E-state index in [1.807, 2.05) is 24.3 Å². The Bertz CT molecular complexity index is 864. The Balaban J connectivity index is 1.84. The predicted molar refractivity (Wildman–Crippen MR) is 87.9 cm³/mol. The molecule has 23 heavy (non-hydrogen) atoms. The van der Waals surface area contributed by atoms with Crippen molar-refractivity contribution in [2.75, 3.05) is 7.11 Å². The molecule has 118 valence electrons. The molecule has 6 nitrogen and oxygen atoms in total. The third-order valence-electron chi connectivity index (χ3n) is 3.27. The Morgan fingerprint density at radius 3 is 2.78 bits per heavy atom. The maximum absolute atomic E-state index is 11.7. The molecule has 2 aromatic heterocycles. The zero-order valence-electron chi connectivity index (χ0n) is 12.5. The third kappa shape index (κ3) is 3.30. The Hall–Kier alpha value is -2.12. The molecule has 3 aromatic rings. The Morgan fingerprint density at radius 1 is 1.35 bits per heavy atom. The number of rotatable bonds is 4. The number of carbonyl (C=O) groups excluding carboxylic acids is 1. The SMILES string of the molecule is COC(=O)c1cnc2nc(SCc3ccc(Cl)cc3)nn2c1C. The lowest BCUT2D eigenvalue weighted by Crippen LogP contribution is -2.09. The van der Waals surface area contributed by atoms with Crippen LogP contribution < -0.4 is 0 Å². The largest absolute Gasteiger partial charge is 0.465 e. The lowest BCUT2D eigenvalue weighted by molar-refractivity contribution is 0.0598. The van der Waals surface area contributed by atoms with Gasteiger partial charge >= 0.3 is 5.97 Å². The van der Waals surface area contributed by atoms with Gasteiger partial charge < -0.3 is 4.74 Å². The Morgan fingerprint density at radius 2 is 2.09 bits per heavy atom. The minimum atomic E-state index is -0.442. The minimum absolute atomic E-state index is 0.374. The van der Waals surface area contributed by atoms with Gasteiger partial charge in [-0.25, -0.2) is 9.78 Å². The zero-order chi connectivity index (χ0) is 16.4. The Labute approximate surface area is 141 Å². The summed E-state index contributed by atoms with van der Waals surface area (Å²) >= 11 is 7.36. The number of esters is 1. The van der Waals surface area contributed by atoms with Crippen molar-refractivity contribution < 1.29 is 9.53 Å². The van der Waals surface area contributed by atoms with E-state index in [-0.39, 0.29) is 0 Å². The lowest BCUT2D eigenvalue weighted by atomic mass is 10.2. The number of benzene rings is 1. The summed E-state index contributed by atoms with van der Waals surface area (Å²) in [5.41, 5.74) is 2.14. The molecule has 0 fully saturated rings. The number of methoxy groups -OCH3 is 1. The maximum Gasteiger partial charge on any atom is 0.341 e. The highest BCUT2D eigenvalue weighted by Gasteiger charge is 2.15. The summed E-state index contributed by atoms with van der Waals surface area (Å²) in [5, 5.41) is 5.70. The summed E-state index contributed by atoms with van der Waals surface area (Å²) < 4.78 is 6.28. The highest BCUT2D eigenvalue weighted by Crippen LogP contribution is 2.21. The van der Waals surface area contributed by atoms with Crippen LogP contribution >= 0.6 is 23.4 Å². The Kier molecular flexibility index (Phi) is 4.49. The first-order valence-electron chi connectivity index (χ1n) is 6.76. The first-order valence-corrected chi connectivity index (χ1v) is 8.13. The number of fused-ring (bicyclic) bond motifs is 1. The number of aromatic nitrogens is 4. The van der Waals surface area contributed by atoms with Crippen molar-refractivity contribution in [1.82, 2.24) is 19.6 Å². The molecule has 1 aromatic carbocycles. The zero-order valence-corrected chi connectivity index (χ0v) is 14.1. The van der Waals surface area contributed by atoms with Crippen LogP contribution in [-0.4, -0.2) is 32.7 Å². The van der Waals surface area contributed by atoms with Gasteiger partial charge in [-0.2, -0.15) is 9.50 Å². The van der Waals surface area contributed by atoms with Crippen LogP contribution in [0.3, 0.4) is 0 Å². The van der Waals surface area contributed by atoms with Gasteiger partial charge in [0, 0.05) is 17.0 Å². The van der Waals surface area contributed by atoms with Crippen LogP contribution in [0.1, 0.15) is 21.6 Å². The summed E-state index contributed by atoms with van der Waals surface area (Å²) in [6.07, 6.45) is 1.46. The van der Waals surface area contributed by atoms with Crippen LogP contribution in [0.25, 0.3) is 5.78 Å². The number of nitrogens with zero attached hydrogens (tertiary/aromatic N) is 4. The van der Waals surface area contributed by atoms with Crippen LogP contribution in [0.4, 0.5) is 0 Å². The number of carbonyl (C=O) groups is 1. The maximum atomic E-state index is 11.7. The molecule has 0 unspecified atom stereocenters. The number of ether oxygens (including phenoxy) is 1. The molecule has 0 aliphatic carbocycles. The number of hydrogen-bond acceptors (Lipinski definition) is 6. The first kappa shape index (κ1) is 15.8. The predicted octanol–water partition coefficient (Wildman–Crippen LogP) is 3.17. The quantitative estimate of drug-likeness (QED) is 0.533. The van der Waals surface area contributed by atoms with Gasteiger partial charge in [0.25, 0.3) is 5.78 Å². The summed E-state index contributed by atoms with van der Waals surface area (Å²) in [6.45, 7) is 1.78. The summed E-state index contributed by atoms with van der Waals surface area (Å²) in [6, 6.07) is 7.62. The van der Waals surface area contributed by atoms with E-state index in [0.29, 0.717) is 27.2 Å². The van der Waals surface area contributed by atoms with Crippen LogP contribution in [0.15, 0.2) is 35.6 Å². The van der Waals surface area contributed by atoms with Gasteiger partial charge in [0.1, 0.15) is 0 Å². The topological polar surface area (TPSA) is 69.4 Å². The smallest absolute Gasteiger partial charge is 0.341 e. The van der Waals surface area contributed by atoms with E-state index < -0.39 is 5.97 Å². The van der Waals surface area contributed by atoms with Crippen molar-refractivity contribution in [3.63, 3.8) is 0 Å². The molecule has 0 spiro atoms. The van der Waals surface area contributed by atoms with Gasteiger partial charge in [-0.05, 0) is 24.6 Å². The second-order valence-corrected chi connectivity index (χ2v) is 6.15. The van der Waals surface area contributed by atoms with E-state index >= 15 is 0 Å². The van der Waals surface area contributed by atoms with Crippen LogP contribution in [0.5, 0.6) is 0 Å². The van der Waals surface area contributed by atoms with Crippen LogP contribution in [0.2, 0.25) is 5.02 Å². The van der Waals surface area contributed by atoms with E-state index in [1.54, 1.807) is 11.4 Å². The van der Waals surface area contributed by atoms with Crippen molar-refractivity contribution in [2.45, 2.75) is 17.8 Å². The monoisotopic (exact) mass is 348 g/mol. The molecule has 0 N–H and O–H groups in total.